The van der Waals surface area contributed by atoms with Gasteiger partial charge in [-0.25, -0.2) is 0 Å². The van der Waals surface area contributed by atoms with Crippen LogP contribution >= 0.6 is 0 Å². The van der Waals surface area contributed by atoms with Crippen LogP contribution in [0.15, 0.2) is 46.6 Å². The number of hydrogen-bond donors (Lipinski definition) is 2. The second-order valence-electron chi connectivity index (χ2n) is 7.71. The maximum Gasteiger partial charge on any atom is 0.409 e. The van der Waals surface area contributed by atoms with E-state index in [1.165, 1.54) is 39.8 Å². The van der Waals surface area contributed by atoms with Gasteiger partial charge in [-0.05, 0) is 39.8 Å². The number of aliphatic hydroxyl groups is 2. The van der Waals surface area contributed by atoms with Crippen LogP contribution < -0.4 is 0 Å². The zero-order valence-corrected chi connectivity index (χ0v) is 15.4. The smallest absolute Gasteiger partial charge is 0.384 e. The van der Waals surface area contributed by atoms with Crippen LogP contribution in [0.3, 0.4) is 0 Å². The second-order valence-corrected chi connectivity index (χ2v) is 7.71. The van der Waals surface area contributed by atoms with E-state index < -0.39 is 41.8 Å². The van der Waals surface area contributed by atoms with E-state index in [2.05, 4.69) is 0 Å². The molecule has 0 aromatic heterocycles. The minimum Gasteiger partial charge on any atom is -0.384 e. The molecule has 0 heterocycles. The van der Waals surface area contributed by atoms with E-state index in [0.29, 0.717) is 12.2 Å². The molecule has 2 nitrogen and oxygen atoms in total. The van der Waals surface area contributed by atoms with Crippen molar-refractivity contribution < 1.29 is 36.6 Å². The predicted octanol–water partition coefficient (Wildman–Crippen LogP) is 5.15. The molecule has 2 N–H and O–H groups in total. The summed E-state index contributed by atoms with van der Waals surface area (Å²) in [6.45, 7) is 5.30. The first-order valence-electron chi connectivity index (χ1n) is 8.30. The lowest BCUT2D eigenvalue weighted by molar-refractivity contribution is -0.418. The third-order valence-electron chi connectivity index (χ3n) is 5.13. The molecule has 0 bridgehead atoms. The number of allylic oxidation sites excluding steroid dienone is 4. The summed E-state index contributed by atoms with van der Waals surface area (Å²) >= 11 is 0. The summed E-state index contributed by atoms with van der Waals surface area (Å²) in [6, 6.07) is 0. The van der Waals surface area contributed by atoms with Gasteiger partial charge in [-0.2, -0.15) is 26.3 Å². The molecule has 2 aliphatic rings. The van der Waals surface area contributed by atoms with Crippen LogP contribution in [0.25, 0.3) is 0 Å². The van der Waals surface area contributed by atoms with Crippen molar-refractivity contribution in [2.75, 3.05) is 0 Å². The Hall–Kier alpha value is -1.54. The number of alkyl halides is 6. The third-order valence-corrected chi connectivity index (χ3v) is 5.13. The van der Waals surface area contributed by atoms with Gasteiger partial charge in [-0.3, -0.25) is 0 Å². The first kappa shape index (κ1) is 21.8. The minimum atomic E-state index is -5.99. The van der Waals surface area contributed by atoms with Gasteiger partial charge in [-0.15, -0.1) is 0 Å². The van der Waals surface area contributed by atoms with Crippen LogP contribution in [0, 0.1) is 5.41 Å². The van der Waals surface area contributed by atoms with Crippen LogP contribution in [0.4, 0.5) is 26.3 Å². The summed E-state index contributed by atoms with van der Waals surface area (Å²) in [5, 5.41) is 21.8. The summed E-state index contributed by atoms with van der Waals surface area (Å²) in [5.74, 6) is 0. The van der Waals surface area contributed by atoms with Crippen molar-refractivity contribution in [1.29, 1.82) is 0 Å². The van der Waals surface area contributed by atoms with Gasteiger partial charge >= 0.3 is 12.4 Å². The molecule has 2 aliphatic carbocycles. The van der Waals surface area contributed by atoms with Crippen LogP contribution in [0.2, 0.25) is 0 Å². The lowest BCUT2D eigenvalue weighted by atomic mass is 9.54. The van der Waals surface area contributed by atoms with E-state index in [9.17, 15) is 36.6 Å². The molecule has 152 valence electrons. The fourth-order valence-electron chi connectivity index (χ4n) is 4.67. The van der Waals surface area contributed by atoms with Crippen molar-refractivity contribution in [3.05, 3.63) is 46.6 Å². The second kappa shape index (κ2) is 6.24. The lowest BCUT2D eigenvalue weighted by Crippen LogP contribution is -2.74. The average molecular weight is 396 g/mol. The Kier molecular flexibility index (Phi) is 5.03. The maximum absolute atomic E-state index is 14.3. The highest BCUT2D eigenvalue weighted by molar-refractivity contribution is 5.42. The Bertz CT molecular complexity index is 689. The maximum atomic E-state index is 14.3. The van der Waals surface area contributed by atoms with E-state index in [1.807, 2.05) is 0 Å². The molecule has 2 unspecified atom stereocenters. The van der Waals surface area contributed by atoms with Gasteiger partial charge in [0.05, 0.1) is 0 Å². The molecule has 0 amide bonds. The van der Waals surface area contributed by atoms with Crippen molar-refractivity contribution in [2.24, 2.45) is 5.41 Å². The Morgan fingerprint density at radius 3 is 1.22 bits per heavy atom. The molecule has 27 heavy (non-hydrogen) atoms. The SMILES string of the molecule is CC1=CC(O)(C(C(F)(F)F)(C(F)(F)F)C2(O)C=C(C)C=C(C)C2)CC(C)=C1. The topological polar surface area (TPSA) is 40.5 Å². The fraction of sp³-hybridized carbons (Fsp3) is 0.579. The highest BCUT2D eigenvalue weighted by Gasteiger charge is 2.86. The van der Waals surface area contributed by atoms with Crippen LogP contribution in [0.1, 0.15) is 40.5 Å². The van der Waals surface area contributed by atoms with Gasteiger partial charge in [0.2, 0.25) is 5.41 Å². The van der Waals surface area contributed by atoms with Gasteiger partial charge in [0.25, 0.3) is 0 Å². The van der Waals surface area contributed by atoms with Crippen molar-refractivity contribution >= 4 is 0 Å². The molecule has 0 spiro atoms. The summed E-state index contributed by atoms with van der Waals surface area (Å²) in [4.78, 5) is 0. The van der Waals surface area contributed by atoms with Crippen molar-refractivity contribution in [1.82, 2.24) is 0 Å². The summed E-state index contributed by atoms with van der Waals surface area (Å²) < 4.78 is 85.8. The fourth-order valence-corrected chi connectivity index (χ4v) is 4.67. The molecule has 0 fully saturated rings. The van der Waals surface area contributed by atoms with Gasteiger partial charge in [0.1, 0.15) is 11.2 Å². The molecule has 0 saturated heterocycles. The lowest BCUT2D eigenvalue weighted by Gasteiger charge is -2.56. The Labute approximate surface area is 153 Å². The Morgan fingerprint density at radius 2 is 1.00 bits per heavy atom. The molecule has 0 aliphatic heterocycles. The molecule has 2 atom stereocenters. The predicted molar refractivity (Wildman–Crippen MR) is 88.7 cm³/mol. The Morgan fingerprint density at radius 1 is 0.704 bits per heavy atom. The summed E-state index contributed by atoms with van der Waals surface area (Å²) in [5.41, 5.74) is -11.2. The number of hydrogen-bond acceptors (Lipinski definition) is 2. The van der Waals surface area contributed by atoms with Crippen LogP contribution in [-0.2, 0) is 0 Å². The minimum absolute atomic E-state index is 0.0616. The molecular weight excluding hydrogens is 374 g/mol. The normalized spacial score (nSPS) is 30.4. The zero-order chi connectivity index (χ0) is 21.1. The molecule has 0 radical (unpaired) electrons. The van der Waals surface area contributed by atoms with Gasteiger partial charge in [-0.1, -0.05) is 34.4 Å². The number of halogens is 6. The largest absolute Gasteiger partial charge is 0.409 e. The molecule has 0 aromatic carbocycles. The van der Waals surface area contributed by atoms with Crippen molar-refractivity contribution in [3.8, 4) is 0 Å². The highest BCUT2D eigenvalue weighted by atomic mass is 19.4. The number of rotatable bonds is 2. The molecule has 0 aromatic rings. The molecule has 2 rings (SSSR count). The zero-order valence-electron chi connectivity index (χ0n) is 15.4. The van der Waals surface area contributed by atoms with Crippen LogP contribution in [-0.4, -0.2) is 33.8 Å². The molecule has 8 heteroatoms. The van der Waals surface area contributed by atoms with Gasteiger partial charge < -0.3 is 10.2 Å². The van der Waals surface area contributed by atoms with Gasteiger partial charge in [0.15, 0.2) is 0 Å². The highest BCUT2D eigenvalue weighted by Crippen LogP contribution is 2.66. The average Bonchev–Trinajstić information content (AvgIpc) is 2.29. The first-order chi connectivity index (χ1) is 12.0. The van der Waals surface area contributed by atoms with Crippen LogP contribution in [0.5, 0.6) is 0 Å². The van der Waals surface area contributed by atoms with E-state index in [1.54, 1.807) is 0 Å². The van der Waals surface area contributed by atoms with Gasteiger partial charge in [0, 0.05) is 12.8 Å². The Balaban J connectivity index is 2.95. The molecule has 0 saturated carbocycles. The van der Waals surface area contributed by atoms with Crippen molar-refractivity contribution in [3.63, 3.8) is 0 Å². The summed E-state index contributed by atoms with van der Waals surface area (Å²) in [7, 11) is 0. The van der Waals surface area contributed by atoms with E-state index >= 15 is 0 Å². The quantitative estimate of drug-likeness (QED) is 0.634. The standard InChI is InChI=1S/C19H22F6O2/c1-11-5-12(2)8-15(26,7-11)17(18(20,21)22,19(23,24)25)16(27)9-13(3)6-14(4)10-16/h5-7,9,26-27H,8,10H2,1-4H3. The van der Waals surface area contributed by atoms with Crippen molar-refractivity contribution in [2.45, 2.75) is 64.1 Å². The molecular formula is C19H22F6O2. The van der Waals surface area contributed by atoms with E-state index in [0.717, 1.165) is 0 Å². The third kappa shape index (κ3) is 3.16. The monoisotopic (exact) mass is 396 g/mol. The van der Waals surface area contributed by atoms with E-state index in [-0.39, 0.29) is 22.3 Å². The van der Waals surface area contributed by atoms with E-state index in [4.69, 9.17) is 0 Å². The first-order valence-corrected chi connectivity index (χ1v) is 8.30. The summed E-state index contributed by atoms with van der Waals surface area (Å²) in [6.07, 6.45) is -9.84.